The zero-order chi connectivity index (χ0) is 14.7. The first-order valence-corrected chi connectivity index (χ1v) is 8.02. The van der Waals surface area contributed by atoms with Crippen molar-refractivity contribution in [2.45, 2.75) is 19.9 Å². The van der Waals surface area contributed by atoms with Gasteiger partial charge in [-0.2, -0.15) is 0 Å². The van der Waals surface area contributed by atoms with Crippen molar-refractivity contribution in [1.29, 1.82) is 0 Å². The largest absolute Gasteiger partial charge is 0.306 e. The minimum atomic E-state index is 0.0312. The van der Waals surface area contributed by atoms with Crippen LogP contribution in [0.4, 0.5) is 0 Å². The number of hydrogen-bond donors (Lipinski definition) is 1. The van der Waals surface area contributed by atoms with Crippen LogP contribution >= 0.6 is 39.1 Å². The number of halogens is 3. The van der Waals surface area contributed by atoms with E-state index in [1.165, 1.54) is 11.1 Å². The monoisotopic (exact) mass is 371 g/mol. The molecule has 0 aliphatic rings. The SMILES string of the molecule is CCNC(c1cc(Br)ccc1C)c1cccc(Cl)c1Cl. The molecule has 0 aliphatic carbocycles. The van der Waals surface area contributed by atoms with Gasteiger partial charge in [0.15, 0.2) is 0 Å². The Morgan fingerprint density at radius 2 is 1.90 bits per heavy atom. The van der Waals surface area contributed by atoms with Gasteiger partial charge in [-0.1, -0.05) is 64.3 Å². The second kappa shape index (κ2) is 6.95. The Morgan fingerprint density at radius 3 is 2.60 bits per heavy atom. The molecule has 0 radical (unpaired) electrons. The van der Waals surface area contributed by atoms with Crippen LogP contribution in [-0.4, -0.2) is 6.54 Å². The first-order chi connectivity index (χ1) is 9.54. The molecule has 0 saturated heterocycles. The second-order valence-electron chi connectivity index (χ2n) is 4.63. The summed E-state index contributed by atoms with van der Waals surface area (Å²) in [5.74, 6) is 0. The molecule has 0 heterocycles. The molecule has 1 unspecified atom stereocenters. The maximum absolute atomic E-state index is 6.38. The van der Waals surface area contributed by atoms with Crippen molar-refractivity contribution in [2.75, 3.05) is 6.54 Å². The molecule has 2 aromatic carbocycles. The first-order valence-electron chi connectivity index (χ1n) is 6.48. The Balaban J connectivity index is 2.56. The number of aryl methyl sites for hydroxylation is 1. The van der Waals surface area contributed by atoms with Crippen molar-refractivity contribution in [1.82, 2.24) is 5.32 Å². The van der Waals surface area contributed by atoms with Gasteiger partial charge in [0.25, 0.3) is 0 Å². The molecule has 1 N–H and O–H groups in total. The molecule has 0 aliphatic heterocycles. The number of hydrogen-bond acceptors (Lipinski definition) is 1. The number of rotatable bonds is 4. The summed E-state index contributed by atoms with van der Waals surface area (Å²) in [5, 5.41) is 4.68. The van der Waals surface area contributed by atoms with E-state index < -0.39 is 0 Å². The van der Waals surface area contributed by atoms with Crippen molar-refractivity contribution >= 4 is 39.1 Å². The van der Waals surface area contributed by atoms with E-state index in [4.69, 9.17) is 23.2 Å². The van der Waals surface area contributed by atoms with E-state index in [0.717, 1.165) is 16.6 Å². The summed E-state index contributed by atoms with van der Waals surface area (Å²) in [7, 11) is 0. The van der Waals surface area contributed by atoms with Crippen molar-refractivity contribution in [3.05, 3.63) is 67.6 Å². The molecule has 0 fully saturated rings. The first kappa shape index (κ1) is 15.8. The van der Waals surface area contributed by atoms with Crippen molar-refractivity contribution < 1.29 is 0 Å². The van der Waals surface area contributed by atoms with Crippen LogP contribution in [0.15, 0.2) is 40.9 Å². The maximum Gasteiger partial charge on any atom is 0.0643 e. The molecule has 20 heavy (non-hydrogen) atoms. The molecule has 0 amide bonds. The third kappa shape index (κ3) is 3.37. The van der Waals surface area contributed by atoms with E-state index in [1.807, 2.05) is 24.3 Å². The minimum Gasteiger partial charge on any atom is -0.306 e. The van der Waals surface area contributed by atoms with Gasteiger partial charge in [-0.05, 0) is 48.4 Å². The van der Waals surface area contributed by atoms with Gasteiger partial charge in [-0.3, -0.25) is 0 Å². The average molecular weight is 373 g/mol. The van der Waals surface area contributed by atoms with Gasteiger partial charge in [-0.15, -0.1) is 0 Å². The molecule has 0 aromatic heterocycles. The summed E-state index contributed by atoms with van der Waals surface area (Å²) in [4.78, 5) is 0. The van der Waals surface area contributed by atoms with Gasteiger partial charge in [0.05, 0.1) is 16.1 Å². The normalized spacial score (nSPS) is 12.4. The second-order valence-corrected chi connectivity index (χ2v) is 6.34. The van der Waals surface area contributed by atoms with Crippen LogP contribution in [0, 0.1) is 6.92 Å². The summed E-state index contributed by atoms with van der Waals surface area (Å²) in [6.07, 6.45) is 0. The Hall–Kier alpha value is -0.540. The molecule has 2 rings (SSSR count). The highest BCUT2D eigenvalue weighted by atomic mass is 79.9. The lowest BCUT2D eigenvalue weighted by atomic mass is 9.95. The van der Waals surface area contributed by atoms with E-state index in [-0.39, 0.29) is 6.04 Å². The maximum atomic E-state index is 6.38. The lowest BCUT2D eigenvalue weighted by Gasteiger charge is -2.22. The molecule has 4 heteroatoms. The van der Waals surface area contributed by atoms with Crippen molar-refractivity contribution in [3.8, 4) is 0 Å². The van der Waals surface area contributed by atoms with Gasteiger partial charge in [-0.25, -0.2) is 0 Å². The van der Waals surface area contributed by atoms with Gasteiger partial charge in [0.1, 0.15) is 0 Å². The van der Waals surface area contributed by atoms with Crippen LogP contribution in [0.5, 0.6) is 0 Å². The van der Waals surface area contributed by atoms with Gasteiger partial charge < -0.3 is 5.32 Å². The topological polar surface area (TPSA) is 12.0 Å². The predicted octanol–water partition coefficient (Wildman–Crippen LogP) is 5.76. The summed E-state index contributed by atoms with van der Waals surface area (Å²) in [6, 6.07) is 12.1. The van der Waals surface area contributed by atoms with E-state index in [9.17, 15) is 0 Å². The molecular weight excluding hydrogens is 357 g/mol. The number of benzene rings is 2. The molecule has 1 atom stereocenters. The molecule has 106 valence electrons. The zero-order valence-corrected chi connectivity index (χ0v) is 14.5. The lowest BCUT2D eigenvalue weighted by molar-refractivity contribution is 0.627. The van der Waals surface area contributed by atoms with Crippen LogP contribution < -0.4 is 5.32 Å². The Labute approximate surface area is 138 Å². The van der Waals surface area contributed by atoms with Gasteiger partial charge in [0, 0.05) is 4.47 Å². The Kier molecular flexibility index (Phi) is 5.50. The molecule has 1 nitrogen and oxygen atoms in total. The highest BCUT2D eigenvalue weighted by Crippen LogP contribution is 2.35. The fourth-order valence-corrected chi connectivity index (χ4v) is 3.05. The molecule has 2 aromatic rings. The summed E-state index contributed by atoms with van der Waals surface area (Å²) < 4.78 is 1.05. The standard InChI is InChI=1S/C16H16BrCl2N/c1-3-20-16(12-5-4-6-14(18)15(12)19)13-9-11(17)8-7-10(13)2/h4-9,16,20H,3H2,1-2H3. The highest BCUT2D eigenvalue weighted by molar-refractivity contribution is 9.10. The van der Waals surface area contributed by atoms with E-state index in [2.05, 4.69) is 47.2 Å². The summed E-state index contributed by atoms with van der Waals surface area (Å²) >= 11 is 16.1. The Bertz CT molecular complexity index is 611. The molecule has 0 bridgehead atoms. The fraction of sp³-hybridized carbons (Fsp3) is 0.250. The van der Waals surface area contributed by atoms with E-state index in [0.29, 0.717) is 10.0 Å². The van der Waals surface area contributed by atoms with E-state index >= 15 is 0 Å². The van der Waals surface area contributed by atoms with Gasteiger partial charge in [0.2, 0.25) is 0 Å². The van der Waals surface area contributed by atoms with E-state index in [1.54, 1.807) is 0 Å². The number of nitrogens with one attached hydrogen (secondary N) is 1. The smallest absolute Gasteiger partial charge is 0.0643 e. The Morgan fingerprint density at radius 1 is 1.15 bits per heavy atom. The highest BCUT2D eigenvalue weighted by Gasteiger charge is 2.19. The van der Waals surface area contributed by atoms with Crippen LogP contribution in [0.25, 0.3) is 0 Å². The quantitative estimate of drug-likeness (QED) is 0.718. The fourth-order valence-electron chi connectivity index (χ4n) is 2.26. The molecular formula is C16H16BrCl2N. The minimum absolute atomic E-state index is 0.0312. The molecule has 0 saturated carbocycles. The molecule has 0 spiro atoms. The zero-order valence-electron chi connectivity index (χ0n) is 11.4. The van der Waals surface area contributed by atoms with Crippen LogP contribution in [0.1, 0.15) is 29.7 Å². The van der Waals surface area contributed by atoms with Crippen LogP contribution in [0.3, 0.4) is 0 Å². The summed E-state index contributed by atoms with van der Waals surface area (Å²) in [5.41, 5.74) is 3.42. The van der Waals surface area contributed by atoms with Crippen molar-refractivity contribution in [2.24, 2.45) is 0 Å². The lowest BCUT2D eigenvalue weighted by Crippen LogP contribution is -2.23. The average Bonchev–Trinajstić information content (AvgIpc) is 2.43. The van der Waals surface area contributed by atoms with Crippen LogP contribution in [-0.2, 0) is 0 Å². The van der Waals surface area contributed by atoms with Crippen LogP contribution in [0.2, 0.25) is 10.0 Å². The van der Waals surface area contributed by atoms with Crippen molar-refractivity contribution in [3.63, 3.8) is 0 Å². The van der Waals surface area contributed by atoms with Gasteiger partial charge >= 0.3 is 0 Å². The third-order valence-corrected chi connectivity index (χ3v) is 4.58. The third-order valence-electron chi connectivity index (χ3n) is 3.25. The summed E-state index contributed by atoms with van der Waals surface area (Å²) in [6.45, 7) is 5.03. The predicted molar refractivity (Wildman–Crippen MR) is 90.9 cm³/mol.